The standard InChI is InChI=1S/C7H16O2.CH4/c1-7(2,3)9-6-5-8-4;/h5-6H2,1-4H3;1H4. The molecule has 0 heterocycles. The molecule has 0 aliphatic heterocycles. The minimum atomic E-state index is -0.0292. The van der Waals surface area contributed by atoms with Crippen LogP contribution in [0.4, 0.5) is 0 Å². The first-order valence-corrected chi connectivity index (χ1v) is 3.19. The Kier molecular flexibility index (Phi) is 7.15. The summed E-state index contributed by atoms with van der Waals surface area (Å²) in [6, 6.07) is 0. The van der Waals surface area contributed by atoms with E-state index in [9.17, 15) is 0 Å². The molecule has 0 radical (unpaired) electrons. The molecule has 0 atom stereocenters. The van der Waals surface area contributed by atoms with Gasteiger partial charge in [-0.25, -0.2) is 0 Å². The van der Waals surface area contributed by atoms with Gasteiger partial charge in [0.25, 0.3) is 0 Å². The second-order valence-electron chi connectivity index (χ2n) is 2.95. The fraction of sp³-hybridized carbons (Fsp3) is 1.00. The van der Waals surface area contributed by atoms with Crippen LogP contribution >= 0.6 is 0 Å². The maximum atomic E-state index is 5.34. The van der Waals surface area contributed by atoms with Crippen LogP contribution in [0.15, 0.2) is 0 Å². The molecule has 0 unspecified atom stereocenters. The monoisotopic (exact) mass is 148 g/mol. The van der Waals surface area contributed by atoms with E-state index in [2.05, 4.69) is 0 Å². The zero-order chi connectivity index (χ0) is 7.33. The Hall–Kier alpha value is -0.0800. The molecule has 0 rings (SSSR count). The van der Waals surface area contributed by atoms with Gasteiger partial charge in [0.05, 0.1) is 18.8 Å². The Bertz CT molecular complexity index is 64.1. The molecule has 0 saturated heterocycles. The Morgan fingerprint density at radius 3 is 1.90 bits per heavy atom. The lowest BCUT2D eigenvalue weighted by molar-refractivity contribution is -0.0270. The van der Waals surface area contributed by atoms with Gasteiger partial charge in [0.15, 0.2) is 0 Å². The van der Waals surface area contributed by atoms with E-state index < -0.39 is 0 Å². The summed E-state index contributed by atoms with van der Waals surface area (Å²) in [4.78, 5) is 0. The molecule has 2 nitrogen and oxygen atoms in total. The van der Waals surface area contributed by atoms with E-state index in [0.717, 1.165) is 0 Å². The molecule has 0 amide bonds. The first kappa shape index (κ1) is 12.6. The fourth-order valence-electron chi connectivity index (χ4n) is 0.431. The highest BCUT2D eigenvalue weighted by atomic mass is 16.5. The van der Waals surface area contributed by atoms with E-state index in [1.54, 1.807) is 7.11 Å². The van der Waals surface area contributed by atoms with Gasteiger partial charge in [0.2, 0.25) is 0 Å². The van der Waals surface area contributed by atoms with Crippen LogP contribution in [0.3, 0.4) is 0 Å². The van der Waals surface area contributed by atoms with Crippen LogP contribution in [0.1, 0.15) is 28.2 Å². The minimum Gasteiger partial charge on any atom is -0.382 e. The minimum absolute atomic E-state index is 0. The maximum absolute atomic E-state index is 5.34. The summed E-state index contributed by atoms with van der Waals surface area (Å²) in [5, 5.41) is 0. The van der Waals surface area contributed by atoms with Crippen molar-refractivity contribution in [3.05, 3.63) is 0 Å². The SMILES string of the molecule is C.COCCOC(C)(C)C. The molecule has 64 valence electrons. The van der Waals surface area contributed by atoms with Crippen LogP contribution in [0, 0.1) is 0 Å². The summed E-state index contributed by atoms with van der Waals surface area (Å²) in [5.74, 6) is 0. The molecule has 0 aliphatic carbocycles. The maximum Gasteiger partial charge on any atom is 0.0707 e. The number of rotatable bonds is 3. The largest absolute Gasteiger partial charge is 0.382 e. The molecule has 0 spiro atoms. The predicted molar refractivity (Wildman–Crippen MR) is 44.3 cm³/mol. The first-order chi connectivity index (χ1) is 4.06. The molecule has 0 aliphatic rings. The van der Waals surface area contributed by atoms with Crippen LogP contribution in [0.25, 0.3) is 0 Å². The fourth-order valence-corrected chi connectivity index (χ4v) is 0.431. The smallest absolute Gasteiger partial charge is 0.0707 e. The van der Waals surface area contributed by atoms with Crippen molar-refractivity contribution >= 4 is 0 Å². The van der Waals surface area contributed by atoms with Crippen molar-refractivity contribution < 1.29 is 9.47 Å². The van der Waals surface area contributed by atoms with Crippen molar-refractivity contribution in [3.63, 3.8) is 0 Å². The van der Waals surface area contributed by atoms with Crippen molar-refractivity contribution in [3.8, 4) is 0 Å². The molecule has 0 saturated carbocycles. The van der Waals surface area contributed by atoms with Crippen molar-refractivity contribution in [2.24, 2.45) is 0 Å². The normalized spacial score (nSPS) is 10.8. The average molecular weight is 148 g/mol. The number of ether oxygens (including phenoxy) is 2. The third kappa shape index (κ3) is 10.8. The Morgan fingerprint density at radius 1 is 1.10 bits per heavy atom. The van der Waals surface area contributed by atoms with Gasteiger partial charge in [0, 0.05) is 7.11 Å². The highest BCUT2D eigenvalue weighted by Gasteiger charge is 2.08. The molecule has 0 N–H and O–H groups in total. The summed E-state index contributed by atoms with van der Waals surface area (Å²) in [7, 11) is 1.67. The van der Waals surface area contributed by atoms with E-state index in [0.29, 0.717) is 13.2 Å². The molecule has 0 aromatic heterocycles. The van der Waals surface area contributed by atoms with Gasteiger partial charge < -0.3 is 9.47 Å². The van der Waals surface area contributed by atoms with Crippen molar-refractivity contribution in [1.29, 1.82) is 0 Å². The second kappa shape index (κ2) is 5.69. The van der Waals surface area contributed by atoms with Crippen LogP contribution in [-0.4, -0.2) is 25.9 Å². The summed E-state index contributed by atoms with van der Waals surface area (Å²) in [6.45, 7) is 7.45. The van der Waals surface area contributed by atoms with E-state index >= 15 is 0 Å². The predicted octanol–water partition coefficient (Wildman–Crippen LogP) is 2.08. The van der Waals surface area contributed by atoms with Crippen LogP contribution in [0.2, 0.25) is 0 Å². The summed E-state index contributed by atoms with van der Waals surface area (Å²) >= 11 is 0. The van der Waals surface area contributed by atoms with Crippen molar-refractivity contribution in [2.75, 3.05) is 20.3 Å². The third-order valence-corrected chi connectivity index (χ3v) is 0.823. The highest BCUT2D eigenvalue weighted by Crippen LogP contribution is 2.05. The Morgan fingerprint density at radius 2 is 1.60 bits per heavy atom. The van der Waals surface area contributed by atoms with Gasteiger partial charge in [0.1, 0.15) is 0 Å². The molecular weight excluding hydrogens is 128 g/mol. The average Bonchev–Trinajstić information content (AvgIpc) is 1.63. The van der Waals surface area contributed by atoms with Crippen LogP contribution in [-0.2, 0) is 9.47 Å². The molecule has 10 heavy (non-hydrogen) atoms. The van der Waals surface area contributed by atoms with Gasteiger partial charge >= 0.3 is 0 Å². The number of methoxy groups -OCH3 is 1. The number of hydrogen-bond donors (Lipinski definition) is 0. The van der Waals surface area contributed by atoms with Gasteiger partial charge in [-0.15, -0.1) is 0 Å². The van der Waals surface area contributed by atoms with Crippen molar-refractivity contribution in [1.82, 2.24) is 0 Å². The zero-order valence-electron chi connectivity index (χ0n) is 6.73. The first-order valence-electron chi connectivity index (χ1n) is 3.19. The summed E-state index contributed by atoms with van der Waals surface area (Å²) < 4.78 is 10.2. The molecule has 0 fully saturated rings. The van der Waals surface area contributed by atoms with Crippen LogP contribution in [0.5, 0.6) is 0 Å². The van der Waals surface area contributed by atoms with Crippen LogP contribution < -0.4 is 0 Å². The highest BCUT2D eigenvalue weighted by molar-refractivity contribution is 4.57. The van der Waals surface area contributed by atoms with E-state index in [1.165, 1.54) is 0 Å². The summed E-state index contributed by atoms with van der Waals surface area (Å²) in [6.07, 6.45) is 0. The Labute approximate surface area is 64.5 Å². The zero-order valence-corrected chi connectivity index (χ0v) is 6.73. The van der Waals surface area contributed by atoms with E-state index in [1.807, 2.05) is 20.8 Å². The number of hydrogen-bond acceptors (Lipinski definition) is 2. The summed E-state index contributed by atoms with van der Waals surface area (Å²) in [5.41, 5.74) is -0.0292. The van der Waals surface area contributed by atoms with Gasteiger partial charge in [-0.3, -0.25) is 0 Å². The third-order valence-electron chi connectivity index (χ3n) is 0.823. The van der Waals surface area contributed by atoms with Gasteiger partial charge in [-0.1, -0.05) is 7.43 Å². The lowest BCUT2D eigenvalue weighted by Gasteiger charge is -2.18. The topological polar surface area (TPSA) is 18.5 Å². The van der Waals surface area contributed by atoms with Crippen molar-refractivity contribution in [2.45, 2.75) is 33.8 Å². The van der Waals surface area contributed by atoms with E-state index in [-0.39, 0.29) is 13.0 Å². The van der Waals surface area contributed by atoms with Gasteiger partial charge in [-0.05, 0) is 20.8 Å². The quantitative estimate of drug-likeness (QED) is 0.570. The molecular formula is C8H20O2. The second-order valence-corrected chi connectivity index (χ2v) is 2.95. The Balaban J connectivity index is 0. The lowest BCUT2D eigenvalue weighted by atomic mass is 10.2. The lowest BCUT2D eigenvalue weighted by Crippen LogP contribution is -2.21. The molecule has 2 heteroatoms. The van der Waals surface area contributed by atoms with E-state index in [4.69, 9.17) is 9.47 Å². The molecule has 0 aromatic rings. The molecule has 0 aromatic carbocycles. The van der Waals surface area contributed by atoms with Gasteiger partial charge in [-0.2, -0.15) is 0 Å². The molecule has 0 bridgehead atoms.